The molecular formula is C11H18N6S. The Labute approximate surface area is 110 Å². The molecule has 2 heterocycles. The minimum absolute atomic E-state index is 0.0379. The predicted molar refractivity (Wildman–Crippen MR) is 70.9 cm³/mol. The molecule has 0 saturated carbocycles. The Morgan fingerprint density at radius 3 is 3.00 bits per heavy atom. The number of rotatable bonds is 6. The average molecular weight is 266 g/mol. The van der Waals surface area contributed by atoms with Gasteiger partial charge in [-0.1, -0.05) is 11.4 Å². The van der Waals surface area contributed by atoms with Crippen molar-refractivity contribution in [2.75, 3.05) is 0 Å². The zero-order chi connectivity index (χ0) is 13.0. The van der Waals surface area contributed by atoms with Crippen molar-refractivity contribution >= 4 is 11.5 Å². The van der Waals surface area contributed by atoms with Crippen LogP contribution in [0.3, 0.4) is 0 Å². The molecule has 0 spiro atoms. The van der Waals surface area contributed by atoms with Gasteiger partial charge < -0.3 is 0 Å². The molecule has 2 atom stereocenters. The lowest BCUT2D eigenvalue weighted by atomic mass is 10.1. The van der Waals surface area contributed by atoms with Gasteiger partial charge in [0.2, 0.25) is 0 Å². The van der Waals surface area contributed by atoms with Crippen LogP contribution in [-0.4, -0.2) is 19.4 Å². The van der Waals surface area contributed by atoms with Crippen LogP contribution in [0.2, 0.25) is 0 Å². The van der Waals surface area contributed by atoms with Crippen LogP contribution in [0, 0.1) is 0 Å². The largest absolute Gasteiger partial charge is 0.271 e. The Hall–Kier alpha value is -1.31. The molecule has 18 heavy (non-hydrogen) atoms. The lowest BCUT2D eigenvalue weighted by Crippen LogP contribution is -2.30. The van der Waals surface area contributed by atoms with E-state index in [1.807, 2.05) is 22.3 Å². The van der Waals surface area contributed by atoms with Crippen molar-refractivity contribution in [3.05, 3.63) is 29.0 Å². The fourth-order valence-corrected chi connectivity index (χ4v) is 2.21. The summed E-state index contributed by atoms with van der Waals surface area (Å²) in [7, 11) is 0. The third-order valence-corrected chi connectivity index (χ3v) is 3.58. The van der Waals surface area contributed by atoms with E-state index in [9.17, 15) is 0 Å². The molecule has 7 heteroatoms. The van der Waals surface area contributed by atoms with Gasteiger partial charge in [-0.25, -0.2) is 0 Å². The molecule has 2 aromatic heterocycles. The zero-order valence-corrected chi connectivity index (χ0v) is 11.4. The van der Waals surface area contributed by atoms with Crippen molar-refractivity contribution in [2.24, 2.45) is 5.84 Å². The molecule has 0 aliphatic rings. The van der Waals surface area contributed by atoms with Crippen molar-refractivity contribution in [2.45, 2.75) is 38.8 Å². The highest BCUT2D eigenvalue weighted by Crippen LogP contribution is 2.17. The summed E-state index contributed by atoms with van der Waals surface area (Å²) in [6.07, 6.45) is 3.79. The molecule has 2 aromatic rings. The number of hydrazine groups is 1. The molecule has 2 unspecified atom stereocenters. The van der Waals surface area contributed by atoms with Gasteiger partial charge in [-0.05, 0) is 30.9 Å². The van der Waals surface area contributed by atoms with E-state index >= 15 is 0 Å². The fraction of sp³-hybridized carbons (Fsp3) is 0.545. The first-order valence-electron chi connectivity index (χ1n) is 6.01. The van der Waals surface area contributed by atoms with Crippen LogP contribution < -0.4 is 11.3 Å². The molecule has 0 amide bonds. The molecule has 0 aliphatic carbocycles. The third kappa shape index (κ3) is 2.92. The summed E-state index contributed by atoms with van der Waals surface area (Å²) in [6, 6.07) is 2.41. The summed E-state index contributed by atoms with van der Waals surface area (Å²) >= 11 is 1.33. The van der Waals surface area contributed by atoms with E-state index in [0.29, 0.717) is 12.5 Å². The summed E-state index contributed by atoms with van der Waals surface area (Å²) in [5.41, 5.74) is 4.63. The molecule has 0 radical (unpaired) electrons. The second kappa shape index (κ2) is 6.03. The maximum atomic E-state index is 5.56. The molecular weight excluding hydrogens is 248 g/mol. The number of aromatic nitrogens is 4. The smallest absolute Gasteiger partial charge is 0.0942 e. The van der Waals surface area contributed by atoms with Crippen LogP contribution in [0.5, 0.6) is 0 Å². The van der Waals surface area contributed by atoms with Crippen molar-refractivity contribution in [1.29, 1.82) is 0 Å². The van der Waals surface area contributed by atoms with E-state index in [-0.39, 0.29) is 6.04 Å². The molecule has 0 aromatic carbocycles. The summed E-state index contributed by atoms with van der Waals surface area (Å²) in [5, 5.41) is 10.5. The lowest BCUT2D eigenvalue weighted by Gasteiger charge is -2.11. The van der Waals surface area contributed by atoms with Gasteiger partial charge >= 0.3 is 0 Å². The SMILES string of the molecule is CCC(C)n1ccc(CC(NN)c2csnn2)n1. The number of nitrogens with one attached hydrogen (secondary N) is 1. The van der Waals surface area contributed by atoms with Crippen LogP contribution >= 0.6 is 11.5 Å². The highest BCUT2D eigenvalue weighted by atomic mass is 32.1. The standard InChI is InChI=1S/C11H18N6S/c1-3-8(2)17-5-4-9(15-17)6-10(13-12)11-7-18-16-14-11/h4-5,7-8,10,13H,3,6,12H2,1-2H3. The van der Waals surface area contributed by atoms with Crippen LogP contribution in [0.4, 0.5) is 0 Å². The van der Waals surface area contributed by atoms with E-state index in [2.05, 4.69) is 34.0 Å². The molecule has 2 rings (SSSR count). The number of hydrogen-bond acceptors (Lipinski definition) is 6. The average Bonchev–Trinajstić information content (AvgIpc) is 3.05. The van der Waals surface area contributed by atoms with E-state index < -0.39 is 0 Å². The normalized spacial score (nSPS) is 14.6. The summed E-state index contributed by atoms with van der Waals surface area (Å²) in [6.45, 7) is 4.30. The summed E-state index contributed by atoms with van der Waals surface area (Å²) < 4.78 is 5.84. The minimum Gasteiger partial charge on any atom is -0.271 e. The molecule has 98 valence electrons. The first-order chi connectivity index (χ1) is 8.74. The Balaban J connectivity index is 2.06. The summed E-state index contributed by atoms with van der Waals surface area (Å²) in [5.74, 6) is 5.56. The van der Waals surface area contributed by atoms with Crippen molar-refractivity contribution in [1.82, 2.24) is 24.8 Å². The van der Waals surface area contributed by atoms with Crippen LogP contribution in [-0.2, 0) is 6.42 Å². The maximum Gasteiger partial charge on any atom is 0.0942 e. The monoisotopic (exact) mass is 266 g/mol. The second-order valence-electron chi connectivity index (χ2n) is 4.30. The van der Waals surface area contributed by atoms with E-state index in [0.717, 1.165) is 17.8 Å². The van der Waals surface area contributed by atoms with Gasteiger partial charge in [0.1, 0.15) is 0 Å². The molecule has 3 N–H and O–H groups in total. The molecule has 6 nitrogen and oxygen atoms in total. The zero-order valence-electron chi connectivity index (χ0n) is 10.6. The maximum absolute atomic E-state index is 5.56. The lowest BCUT2D eigenvalue weighted by molar-refractivity contribution is 0.465. The van der Waals surface area contributed by atoms with Crippen LogP contribution in [0.25, 0.3) is 0 Å². The molecule has 0 bridgehead atoms. The van der Waals surface area contributed by atoms with Gasteiger partial charge in [0.15, 0.2) is 0 Å². The Kier molecular flexibility index (Phi) is 4.40. The molecule has 0 fully saturated rings. The Bertz CT molecular complexity index is 466. The van der Waals surface area contributed by atoms with Gasteiger partial charge in [0.25, 0.3) is 0 Å². The number of nitrogens with two attached hydrogens (primary N) is 1. The molecule has 0 aliphatic heterocycles. The van der Waals surface area contributed by atoms with Crippen molar-refractivity contribution in [3.8, 4) is 0 Å². The van der Waals surface area contributed by atoms with Crippen molar-refractivity contribution in [3.63, 3.8) is 0 Å². The van der Waals surface area contributed by atoms with Crippen LogP contribution in [0.15, 0.2) is 17.6 Å². The topological polar surface area (TPSA) is 81.7 Å². The van der Waals surface area contributed by atoms with Gasteiger partial charge in [-0.15, -0.1) is 5.10 Å². The molecule has 0 saturated heterocycles. The predicted octanol–water partition coefficient (Wildman–Crippen LogP) is 1.45. The third-order valence-electron chi connectivity index (χ3n) is 3.05. The highest BCUT2D eigenvalue weighted by molar-refractivity contribution is 7.03. The van der Waals surface area contributed by atoms with E-state index in [1.165, 1.54) is 11.5 Å². The van der Waals surface area contributed by atoms with Crippen molar-refractivity contribution < 1.29 is 0 Å². The number of hydrogen-bond donors (Lipinski definition) is 2. The number of nitrogens with zero attached hydrogens (tertiary/aromatic N) is 4. The summed E-state index contributed by atoms with van der Waals surface area (Å²) in [4.78, 5) is 0. The van der Waals surface area contributed by atoms with Crippen LogP contribution in [0.1, 0.15) is 43.7 Å². The van der Waals surface area contributed by atoms with Gasteiger partial charge in [-0.2, -0.15) is 5.10 Å². The van der Waals surface area contributed by atoms with Gasteiger partial charge in [0.05, 0.1) is 17.4 Å². The second-order valence-corrected chi connectivity index (χ2v) is 4.91. The Morgan fingerprint density at radius 2 is 2.39 bits per heavy atom. The van der Waals surface area contributed by atoms with E-state index in [4.69, 9.17) is 5.84 Å². The van der Waals surface area contributed by atoms with E-state index in [1.54, 1.807) is 0 Å². The Morgan fingerprint density at radius 1 is 1.56 bits per heavy atom. The quantitative estimate of drug-likeness (QED) is 0.611. The van der Waals surface area contributed by atoms with Gasteiger partial charge in [0, 0.05) is 24.0 Å². The minimum atomic E-state index is -0.0379. The van der Waals surface area contributed by atoms with Gasteiger partial charge in [-0.3, -0.25) is 16.0 Å². The fourth-order valence-electron chi connectivity index (χ4n) is 1.70. The first kappa shape index (κ1) is 13.1. The highest BCUT2D eigenvalue weighted by Gasteiger charge is 2.15. The first-order valence-corrected chi connectivity index (χ1v) is 6.85.